The van der Waals surface area contributed by atoms with Crippen LogP contribution in [0.15, 0.2) is 36.4 Å². The van der Waals surface area contributed by atoms with Crippen molar-refractivity contribution in [3.8, 4) is 11.5 Å². The molecule has 0 aliphatic rings. The van der Waals surface area contributed by atoms with Gasteiger partial charge in [0.05, 0.1) is 37.0 Å². The highest BCUT2D eigenvalue weighted by Gasteiger charge is 2.33. The van der Waals surface area contributed by atoms with Crippen molar-refractivity contribution in [2.45, 2.75) is 6.18 Å². The quantitative estimate of drug-likeness (QED) is 0.768. The number of hydrogen-bond donors (Lipinski definition) is 2. The Morgan fingerprint density at radius 3 is 2.46 bits per heavy atom. The summed E-state index contributed by atoms with van der Waals surface area (Å²) >= 11 is 5.55. The first kappa shape index (κ1) is 19.7. The molecule has 0 saturated carbocycles. The van der Waals surface area contributed by atoms with Crippen molar-refractivity contribution < 1.29 is 27.4 Å². The Labute approximate surface area is 153 Å². The fourth-order valence-electron chi connectivity index (χ4n) is 2.15. The van der Waals surface area contributed by atoms with Crippen LogP contribution in [0.1, 0.15) is 5.56 Å². The summed E-state index contributed by atoms with van der Waals surface area (Å²) < 4.78 is 48.8. The van der Waals surface area contributed by atoms with Gasteiger partial charge < -0.3 is 20.1 Å². The summed E-state index contributed by atoms with van der Waals surface area (Å²) in [7, 11) is 2.97. The van der Waals surface area contributed by atoms with E-state index in [1.165, 1.54) is 20.3 Å². The first-order valence-corrected chi connectivity index (χ1v) is 7.75. The van der Waals surface area contributed by atoms with Crippen LogP contribution in [0.5, 0.6) is 11.5 Å². The van der Waals surface area contributed by atoms with E-state index in [0.717, 1.165) is 12.1 Å². The van der Waals surface area contributed by atoms with Crippen molar-refractivity contribution in [2.24, 2.45) is 0 Å². The minimum atomic E-state index is -4.61. The molecule has 0 atom stereocenters. The summed E-state index contributed by atoms with van der Waals surface area (Å²) in [6.07, 6.45) is -4.61. The summed E-state index contributed by atoms with van der Waals surface area (Å²) in [5, 5.41) is 4.80. The lowest BCUT2D eigenvalue weighted by atomic mass is 10.2. The molecule has 0 unspecified atom stereocenters. The molecule has 9 heteroatoms. The Morgan fingerprint density at radius 2 is 1.85 bits per heavy atom. The minimum absolute atomic E-state index is 0.00821. The van der Waals surface area contributed by atoms with Crippen LogP contribution in [-0.2, 0) is 11.0 Å². The molecule has 2 rings (SSSR count). The van der Waals surface area contributed by atoms with Crippen molar-refractivity contribution in [1.29, 1.82) is 0 Å². The van der Waals surface area contributed by atoms with E-state index < -0.39 is 22.7 Å². The molecule has 140 valence electrons. The van der Waals surface area contributed by atoms with Crippen molar-refractivity contribution >= 4 is 28.9 Å². The van der Waals surface area contributed by atoms with E-state index >= 15 is 0 Å². The van der Waals surface area contributed by atoms with Gasteiger partial charge in [-0.2, -0.15) is 13.2 Å². The first-order valence-electron chi connectivity index (χ1n) is 7.37. The number of ether oxygens (including phenoxy) is 2. The Bertz CT molecular complexity index is 797. The average molecular weight is 389 g/mol. The molecular weight excluding hydrogens is 373 g/mol. The van der Waals surface area contributed by atoms with Crippen LogP contribution in [0, 0.1) is 0 Å². The van der Waals surface area contributed by atoms with Crippen LogP contribution >= 0.6 is 11.6 Å². The lowest BCUT2D eigenvalue weighted by Crippen LogP contribution is -2.22. The number of carbonyl (C=O) groups is 1. The van der Waals surface area contributed by atoms with E-state index in [1.54, 1.807) is 18.2 Å². The number of amides is 1. The van der Waals surface area contributed by atoms with Gasteiger partial charge in [0.2, 0.25) is 5.91 Å². The summed E-state index contributed by atoms with van der Waals surface area (Å²) in [5.74, 6) is 0.510. The maximum absolute atomic E-state index is 12.9. The second kappa shape index (κ2) is 8.18. The number of alkyl halides is 3. The Kier molecular flexibility index (Phi) is 6.20. The van der Waals surface area contributed by atoms with E-state index in [1.807, 2.05) is 0 Å². The standard InChI is InChI=1S/C17H16ClF3N2O3/c1-25-11-4-6-15(26-2)14(8-11)22-9-16(24)23-10-3-5-13(18)12(7-10)17(19,20)21/h3-8,22H,9H2,1-2H3,(H,23,24). The largest absolute Gasteiger partial charge is 0.497 e. The van der Waals surface area contributed by atoms with Crippen molar-refractivity contribution in [1.82, 2.24) is 0 Å². The highest BCUT2D eigenvalue weighted by molar-refractivity contribution is 6.31. The van der Waals surface area contributed by atoms with Gasteiger partial charge in [0.25, 0.3) is 0 Å². The van der Waals surface area contributed by atoms with Crippen LogP contribution in [0.2, 0.25) is 5.02 Å². The molecule has 0 fully saturated rings. The molecule has 2 aromatic rings. The SMILES string of the molecule is COc1ccc(OC)c(NCC(=O)Nc2ccc(Cl)c(C(F)(F)F)c2)c1. The topological polar surface area (TPSA) is 59.6 Å². The van der Waals surface area contributed by atoms with Crippen LogP contribution in [0.25, 0.3) is 0 Å². The molecule has 2 N–H and O–H groups in total. The third kappa shape index (κ3) is 4.95. The summed E-state index contributed by atoms with van der Waals surface area (Å²) in [6, 6.07) is 8.15. The zero-order chi connectivity index (χ0) is 19.3. The van der Waals surface area contributed by atoms with E-state index in [-0.39, 0.29) is 12.2 Å². The van der Waals surface area contributed by atoms with Crippen LogP contribution < -0.4 is 20.1 Å². The zero-order valence-corrected chi connectivity index (χ0v) is 14.7. The number of methoxy groups -OCH3 is 2. The molecule has 0 bridgehead atoms. The molecule has 0 aromatic heterocycles. The summed E-state index contributed by atoms with van der Waals surface area (Å²) in [5.41, 5.74) is -0.514. The minimum Gasteiger partial charge on any atom is -0.497 e. The lowest BCUT2D eigenvalue weighted by molar-refractivity contribution is -0.137. The molecule has 2 aromatic carbocycles. The normalized spacial score (nSPS) is 11.0. The molecular formula is C17H16ClF3N2O3. The molecule has 0 aliphatic carbocycles. The maximum atomic E-state index is 12.9. The van der Waals surface area contributed by atoms with E-state index in [4.69, 9.17) is 21.1 Å². The van der Waals surface area contributed by atoms with Crippen LogP contribution in [0.3, 0.4) is 0 Å². The number of hydrogen-bond acceptors (Lipinski definition) is 4. The second-order valence-electron chi connectivity index (χ2n) is 5.16. The second-order valence-corrected chi connectivity index (χ2v) is 5.57. The van der Waals surface area contributed by atoms with E-state index in [9.17, 15) is 18.0 Å². The van der Waals surface area contributed by atoms with Crippen molar-refractivity contribution in [3.05, 3.63) is 47.0 Å². The number of carbonyl (C=O) groups excluding carboxylic acids is 1. The third-order valence-corrected chi connectivity index (χ3v) is 3.73. The first-order chi connectivity index (χ1) is 12.2. The van der Waals surface area contributed by atoms with Gasteiger partial charge >= 0.3 is 6.18 Å². The lowest BCUT2D eigenvalue weighted by Gasteiger charge is -2.14. The van der Waals surface area contributed by atoms with E-state index in [0.29, 0.717) is 17.2 Å². The van der Waals surface area contributed by atoms with Gasteiger partial charge in [-0.05, 0) is 30.3 Å². The Hall–Kier alpha value is -2.61. The highest BCUT2D eigenvalue weighted by atomic mass is 35.5. The van der Waals surface area contributed by atoms with Crippen molar-refractivity contribution in [2.75, 3.05) is 31.4 Å². The maximum Gasteiger partial charge on any atom is 0.417 e. The molecule has 0 radical (unpaired) electrons. The smallest absolute Gasteiger partial charge is 0.417 e. The molecule has 5 nitrogen and oxygen atoms in total. The summed E-state index contributed by atoms with van der Waals surface area (Å²) in [4.78, 5) is 12.0. The van der Waals surface area contributed by atoms with Gasteiger partial charge in [0.15, 0.2) is 0 Å². The molecule has 0 aliphatic heterocycles. The van der Waals surface area contributed by atoms with Crippen LogP contribution in [-0.4, -0.2) is 26.7 Å². The fraction of sp³-hybridized carbons (Fsp3) is 0.235. The van der Waals surface area contributed by atoms with Gasteiger partial charge in [0.1, 0.15) is 11.5 Å². The number of nitrogens with one attached hydrogen (secondary N) is 2. The molecule has 0 heterocycles. The zero-order valence-electron chi connectivity index (χ0n) is 13.9. The van der Waals surface area contributed by atoms with Crippen molar-refractivity contribution in [3.63, 3.8) is 0 Å². The number of rotatable bonds is 6. The average Bonchev–Trinajstić information content (AvgIpc) is 2.60. The fourth-order valence-corrected chi connectivity index (χ4v) is 2.38. The van der Waals surface area contributed by atoms with Gasteiger partial charge in [-0.3, -0.25) is 4.79 Å². The van der Waals surface area contributed by atoms with Crippen LogP contribution in [0.4, 0.5) is 24.5 Å². The number of benzene rings is 2. The van der Waals surface area contributed by atoms with Gasteiger partial charge in [0, 0.05) is 11.8 Å². The van der Waals surface area contributed by atoms with Gasteiger partial charge in [-0.15, -0.1) is 0 Å². The monoisotopic (exact) mass is 388 g/mol. The Morgan fingerprint density at radius 1 is 1.12 bits per heavy atom. The number of anilines is 2. The number of halogens is 4. The molecule has 26 heavy (non-hydrogen) atoms. The van der Waals surface area contributed by atoms with Gasteiger partial charge in [-0.1, -0.05) is 11.6 Å². The predicted molar refractivity (Wildman–Crippen MR) is 93.1 cm³/mol. The Balaban J connectivity index is 2.06. The highest BCUT2D eigenvalue weighted by Crippen LogP contribution is 2.36. The van der Waals surface area contributed by atoms with E-state index in [2.05, 4.69) is 10.6 Å². The summed E-state index contributed by atoms with van der Waals surface area (Å²) in [6.45, 7) is -0.187. The molecule has 0 spiro atoms. The molecule has 0 saturated heterocycles. The third-order valence-electron chi connectivity index (χ3n) is 3.40. The van der Waals surface area contributed by atoms with Gasteiger partial charge in [-0.25, -0.2) is 0 Å². The predicted octanol–water partition coefficient (Wildman–Crippen LogP) is 4.43. The molecule has 1 amide bonds.